The lowest BCUT2D eigenvalue weighted by Gasteiger charge is -2.24. The SMILES string of the molecule is Cc1c(Cl)cnc(N2C[C@@H]3CCC[C@@]3(C(=O)O)C2)c1C#N. The van der Waals surface area contributed by atoms with Crippen molar-refractivity contribution in [2.75, 3.05) is 18.0 Å². The van der Waals surface area contributed by atoms with E-state index < -0.39 is 11.4 Å². The molecule has 2 atom stereocenters. The van der Waals surface area contributed by atoms with Crippen molar-refractivity contribution >= 4 is 23.4 Å². The lowest BCUT2D eigenvalue weighted by atomic mass is 9.81. The number of carboxylic acid groups (broad SMARTS) is 1. The fourth-order valence-electron chi connectivity index (χ4n) is 3.74. The van der Waals surface area contributed by atoms with Gasteiger partial charge in [0.15, 0.2) is 0 Å². The third-order valence-electron chi connectivity index (χ3n) is 4.97. The van der Waals surface area contributed by atoms with Crippen molar-refractivity contribution in [3.63, 3.8) is 0 Å². The van der Waals surface area contributed by atoms with Crippen LogP contribution in [0.1, 0.15) is 30.4 Å². The molecule has 1 aliphatic heterocycles. The number of hydrogen-bond acceptors (Lipinski definition) is 4. The first kappa shape index (κ1) is 14.2. The molecule has 1 saturated heterocycles. The van der Waals surface area contributed by atoms with Gasteiger partial charge >= 0.3 is 5.97 Å². The zero-order chi connectivity index (χ0) is 15.2. The van der Waals surface area contributed by atoms with Crippen LogP contribution >= 0.6 is 11.6 Å². The van der Waals surface area contributed by atoms with E-state index in [-0.39, 0.29) is 5.92 Å². The summed E-state index contributed by atoms with van der Waals surface area (Å²) in [4.78, 5) is 18.0. The van der Waals surface area contributed by atoms with E-state index in [4.69, 9.17) is 11.6 Å². The molecule has 2 aliphatic rings. The molecule has 1 N–H and O–H groups in total. The highest BCUT2D eigenvalue weighted by atomic mass is 35.5. The predicted molar refractivity (Wildman–Crippen MR) is 78.3 cm³/mol. The van der Waals surface area contributed by atoms with Crippen LogP contribution in [-0.4, -0.2) is 29.1 Å². The monoisotopic (exact) mass is 305 g/mol. The van der Waals surface area contributed by atoms with Gasteiger partial charge in [-0.2, -0.15) is 5.26 Å². The zero-order valence-corrected chi connectivity index (χ0v) is 12.5. The number of pyridine rings is 1. The van der Waals surface area contributed by atoms with Gasteiger partial charge < -0.3 is 10.0 Å². The second-order valence-electron chi connectivity index (χ2n) is 5.97. The number of aromatic nitrogens is 1. The summed E-state index contributed by atoms with van der Waals surface area (Å²) in [5.41, 5.74) is 0.468. The third kappa shape index (κ3) is 1.97. The van der Waals surface area contributed by atoms with Crippen molar-refractivity contribution in [3.8, 4) is 6.07 Å². The molecule has 2 heterocycles. The van der Waals surface area contributed by atoms with Crippen LogP contribution in [0.5, 0.6) is 0 Å². The maximum absolute atomic E-state index is 11.7. The molecule has 0 radical (unpaired) electrons. The number of hydrogen-bond donors (Lipinski definition) is 1. The third-order valence-corrected chi connectivity index (χ3v) is 5.35. The fourth-order valence-corrected chi connectivity index (χ4v) is 3.88. The lowest BCUT2D eigenvalue weighted by molar-refractivity contribution is -0.149. The molecule has 5 nitrogen and oxygen atoms in total. The quantitative estimate of drug-likeness (QED) is 0.908. The highest BCUT2D eigenvalue weighted by molar-refractivity contribution is 6.31. The van der Waals surface area contributed by atoms with E-state index in [9.17, 15) is 15.2 Å². The summed E-state index contributed by atoms with van der Waals surface area (Å²) in [7, 11) is 0. The number of halogens is 1. The molecule has 2 fully saturated rings. The topological polar surface area (TPSA) is 77.2 Å². The van der Waals surface area contributed by atoms with Gasteiger partial charge in [-0.15, -0.1) is 0 Å². The molecular weight excluding hydrogens is 290 g/mol. The minimum Gasteiger partial charge on any atom is -0.481 e. The number of rotatable bonds is 2. The van der Waals surface area contributed by atoms with Crippen molar-refractivity contribution in [1.82, 2.24) is 4.98 Å². The van der Waals surface area contributed by atoms with E-state index in [1.807, 2.05) is 4.90 Å². The van der Waals surface area contributed by atoms with Crippen molar-refractivity contribution in [1.29, 1.82) is 5.26 Å². The minimum absolute atomic E-state index is 0.138. The summed E-state index contributed by atoms with van der Waals surface area (Å²) in [6.45, 7) is 2.86. The first-order chi connectivity index (χ1) is 9.99. The van der Waals surface area contributed by atoms with E-state index in [0.717, 1.165) is 12.8 Å². The number of carboxylic acids is 1. The Kier molecular flexibility index (Phi) is 3.29. The van der Waals surface area contributed by atoms with Gasteiger partial charge in [0.25, 0.3) is 0 Å². The summed E-state index contributed by atoms with van der Waals surface area (Å²) >= 11 is 6.02. The Bertz CT molecular complexity index is 655. The van der Waals surface area contributed by atoms with Crippen molar-refractivity contribution in [2.45, 2.75) is 26.2 Å². The Balaban J connectivity index is 2.00. The average Bonchev–Trinajstić information content (AvgIpc) is 2.99. The summed E-state index contributed by atoms with van der Waals surface area (Å²) < 4.78 is 0. The summed E-state index contributed by atoms with van der Waals surface area (Å²) in [5, 5.41) is 19.5. The predicted octanol–water partition coefficient (Wildman–Crippen LogP) is 2.61. The minimum atomic E-state index is -0.725. The number of anilines is 1. The zero-order valence-electron chi connectivity index (χ0n) is 11.8. The van der Waals surface area contributed by atoms with Gasteiger partial charge in [0.2, 0.25) is 0 Å². The molecule has 0 aromatic carbocycles. The molecule has 1 aliphatic carbocycles. The summed E-state index contributed by atoms with van der Waals surface area (Å²) in [6, 6.07) is 2.15. The smallest absolute Gasteiger partial charge is 0.311 e. The molecule has 1 saturated carbocycles. The van der Waals surface area contributed by atoms with E-state index in [1.165, 1.54) is 6.20 Å². The first-order valence-corrected chi connectivity index (χ1v) is 7.41. The Labute approximate surface area is 128 Å². The van der Waals surface area contributed by atoms with E-state index >= 15 is 0 Å². The largest absolute Gasteiger partial charge is 0.481 e. The Morgan fingerprint density at radius 2 is 2.43 bits per heavy atom. The number of nitrogens with zero attached hydrogens (tertiary/aromatic N) is 3. The molecule has 0 bridgehead atoms. The summed E-state index contributed by atoms with van der Waals surface area (Å²) in [6.07, 6.45) is 4.13. The van der Waals surface area contributed by atoms with Crippen LogP contribution < -0.4 is 4.90 Å². The highest BCUT2D eigenvalue weighted by Gasteiger charge is 2.55. The maximum Gasteiger partial charge on any atom is 0.311 e. The standard InChI is InChI=1S/C15H16ClN3O2/c1-9-11(5-17)13(18-6-12(9)16)19-7-10-3-2-4-15(10,8-19)14(20)21/h6,10H,2-4,7-8H2,1H3,(H,20,21)/t10-,15+/m0/s1. The van der Waals surface area contributed by atoms with Crippen molar-refractivity contribution < 1.29 is 9.90 Å². The molecule has 0 spiro atoms. The Morgan fingerprint density at radius 3 is 3.05 bits per heavy atom. The van der Waals surface area contributed by atoms with Crippen LogP contribution in [0.25, 0.3) is 0 Å². The van der Waals surface area contributed by atoms with Gasteiger partial charge in [0.05, 0.1) is 16.0 Å². The molecule has 21 heavy (non-hydrogen) atoms. The van der Waals surface area contributed by atoms with Gasteiger partial charge in [-0.1, -0.05) is 18.0 Å². The molecule has 110 valence electrons. The van der Waals surface area contributed by atoms with Crippen LogP contribution in [0, 0.1) is 29.6 Å². The first-order valence-electron chi connectivity index (χ1n) is 7.03. The molecule has 0 unspecified atom stereocenters. The van der Waals surface area contributed by atoms with Crippen LogP contribution in [0.3, 0.4) is 0 Å². The number of aliphatic carboxylic acids is 1. The molecule has 0 amide bonds. The van der Waals surface area contributed by atoms with Crippen LogP contribution in [0.15, 0.2) is 6.20 Å². The summed E-state index contributed by atoms with van der Waals surface area (Å²) in [5.74, 6) is -0.0227. The van der Waals surface area contributed by atoms with Crippen molar-refractivity contribution in [3.05, 3.63) is 22.3 Å². The molecule has 1 aromatic heterocycles. The Morgan fingerprint density at radius 1 is 1.67 bits per heavy atom. The maximum atomic E-state index is 11.7. The van der Waals surface area contributed by atoms with Gasteiger partial charge in [0, 0.05) is 19.3 Å². The van der Waals surface area contributed by atoms with E-state index in [0.29, 0.717) is 41.5 Å². The molecule has 6 heteroatoms. The van der Waals surface area contributed by atoms with Crippen LogP contribution in [0.4, 0.5) is 5.82 Å². The van der Waals surface area contributed by atoms with Crippen LogP contribution in [0.2, 0.25) is 5.02 Å². The van der Waals surface area contributed by atoms with Gasteiger partial charge in [-0.3, -0.25) is 4.79 Å². The normalized spacial score (nSPS) is 27.5. The van der Waals surface area contributed by atoms with Crippen LogP contribution in [-0.2, 0) is 4.79 Å². The molecule has 1 aromatic rings. The number of nitriles is 1. The highest BCUT2D eigenvalue weighted by Crippen LogP contribution is 2.50. The van der Waals surface area contributed by atoms with Gasteiger partial charge in [0.1, 0.15) is 11.9 Å². The van der Waals surface area contributed by atoms with E-state index in [1.54, 1.807) is 6.92 Å². The van der Waals surface area contributed by atoms with Crippen molar-refractivity contribution in [2.24, 2.45) is 11.3 Å². The van der Waals surface area contributed by atoms with Gasteiger partial charge in [-0.05, 0) is 31.2 Å². The molecular formula is C15H16ClN3O2. The lowest BCUT2D eigenvalue weighted by Crippen LogP contribution is -2.36. The fraction of sp³-hybridized carbons (Fsp3) is 0.533. The average molecular weight is 306 g/mol. The number of carbonyl (C=O) groups is 1. The van der Waals surface area contributed by atoms with E-state index in [2.05, 4.69) is 11.1 Å². The second kappa shape index (κ2) is 4.88. The molecule has 3 rings (SSSR count). The van der Waals surface area contributed by atoms with Gasteiger partial charge in [-0.25, -0.2) is 4.98 Å². The Hall–Kier alpha value is -1.80. The number of fused-ring (bicyclic) bond motifs is 1. The second-order valence-corrected chi connectivity index (χ2v) is 6.38.